The van der Waals surface area contributed by atoms with Crippen molar-refractivity contribution in [1.29, 1.82) is 0 Å². The number of aromatic nitrogens is 1. The molecule has 0 aliphatic carbocycles. The van der Waals surface area contributed by atoms with Crippen molar-refractivity contribution in [3.63, 3.8) is 0 Å². The summed E-state index contributed by atoms with van der Waals surface area (Å²) >= 11 is 11.8. The Hall–Kier alpha value is -3.37. The molecular formula is C30H26ClF2N3O3S. The van der Waals surface area contributed by atoms with E-state index in [1.807, 2.05) is 28.8 Å². The largest absolute Gasteiger partial charge is 0.482 e. The van der Waals surface area contributed by atoms with Gasteiger partial charge in [-0.3, -0.25) is 9.69 Å². The minimum atomic E-state index is -0.677. The first-order chi connectivity index (χ1) is 19.3. The van der Waals surface area contributed by atoms with Gasteiger partial charge in [-0.1, -0.05) is 36.0 Å². The molecule has 3 aromatic carbocycles. The second kappa shape index (κ2) is 11.2. The average molecular weight is 582 g/mol. The van der Waals surface area contributed by atoms with Gasteiger partial charge < -0.3 is 19.4 Å². The standard InChI is InChI=1S/C30H26ClF2N3O3S/c31-21-3-1-18(2-4-21)14-34-30(37)25-16-36-17-27(20-11-22(32)13-23(33)12-20)39-26-10-19(9-24(28(26)36)29(25)40)15-35-5-7-38-8-6-35/h1-4,9-13,16,27H,5-8,14-15,17H2,(H,34,37). The Bertz CT molecular complexity index is 1640. The number of hydrogen-bond donors (Lipinski definition) is 1. The molecule has 0 bridgehead atoms. The Balaban J connectivity index is 1.40. The van der Waals surface area contributed by atoms with Gasteiger partial charge in [0.2, 0.25) is 0 Å². The van der Waals surface area contributed by atoms with E-state index in [2.05, 4.69) is 10.2 Å². The number of benzene rings is 3. The molecule has 1 aromatic heterocycles. The Labute approximate surface area is 240 Å². The van der Waals surface area contributed by atoms with Gasteiger partial charge in [-0.15, -0.1) is 0 Å². The lowest BCUT2D eigenvalue weighted by Gasteiger charge is -2.31. The lowest BCUT2D eigenvalue weighted by atomic mass is 10.0. The van der Waals surface area contributed by atoms with E-state index in [-0.39, 0.29) is 12.5 Å². The number of amides is 1. The highest BCUT2D eigenvalue weighted by Crippen LogP contribution is 2.38. The summed E-state index contributed by atoms with van der Waals surface area (Å²) in [4.78, 5) is 15.7. The van der Waals surface area contributed by atoms with Crippen molar-refractivity contribution in [3.8, 4) is 5.75 Å². The molecule has 1 amide bonds. The van der Waals surface area contributed by atoms with Crippen LogP contribution in [-0.4, -0.2) is 41.7 Å². The fraction of sp³-hybridized carbons (Fsp3) is 0.267. The summed E-state index contributed by atoms with van der Waals surface area (Å²) in [5.74, 6) is -1.11. The SMILES string of the molecule is O=C(NCc1ccc(Cl)cc1)c1cn2c3c(cc(CN4CCOCC4)cc3c1=S)OC(c1cc(F)cc(F)c1)C2. The van der Waals surface area contributed by atoms with Crippen LogP contribution in [0.5, 0.6) is 5.75 Å². The number of ether oxygens (including phenoxy) is 2. The third-order valence-electron chi connectivity index (χ3n) is 7.21. The van der Waals surface area contributed by atoms with E-state index in [1.165, 1.54) is 12.1 Å². The molecule has 2 aliphatic rings. The van der Waals surface area contributed by atoms with Crippen molar-refractivity contribution < 1.29 is 23.0 Å². The molecular weight excluding hydrogens is 556 g/mol. The van der Waals surface area contributed by atoms with Crippen LogP contribution in [0.4, 0.5) is 8.78 Å². The predicted octanol–water partition coefficient (Wildman–Crippen LogP) is 6.20. The van der Waals surface area contributed by atoms with Crippen LogP contribution < -0.4 is 10.1 Å². The van der Waals surface area contributed by atoms with Crippen LogP contribution in [0.2, 0.25) is 5.02 Å². The van der Waals surface area contributed by atoms with E-state index >= 15 is 0 Å². The topological polar surface area (TPSA) is 55.7 Å². The van der Waals surface area contributed by atoms with Crippen LogP contribution in [-0.2, 0) is 24.4 Å². The van der Waals surface area contributed by atoms with Gasteiger partial charge in [0.05, 0.1) is 35.3 Å². The fourth-order valence-corrected chi connectivity index (χ4v) is 5.67. The highest BCUT2D eigenvalue weighted by molar-refractivity contribution is 7.71. The van der Waals surface area contributed by atoms with E-state index < -0.39 is 17.7 Å². The third-order valence-corrected chi connectivity index (χ3v) is 7.90. The van der Waals surface area contributed by atoms with Crippen LogP contribution in [0.3, 0.4) is 0 Å². The maximum atomic E-state index is 14.1. The molecule has 6 nitrogen and oxygen atoms in total. The summed E-state index contributed by atoms with van der Waals surface area (Å²) in [5.41, 5.74) is 3.33. The number of nitrogens with zero attached hydrogens (tertiary/aromatic N) is 2. The molecule has 6 rings (SSSR count). The van der Waals surface area contributed by atoms with Gasteiger partial charge in [0.15, 0.2) is 0 Å². The first kappa shape index (κ1) is 26.8. The number of carbonyl (C=O) groups excluding carboxylic acids is 1. The number of halogens is 3. The molecule has 1 fully saturated rings. The van der Waals surface area contributed by atoms with Crippen molar-refractivity contribution >= 4 is 40.6 Å². The average Bonchev–Trinajstić information content (AvgIpc) is 2.94. The van der Waals surface area contributed by atoms with E-state index in [4.69, 9.17) is 33.3 Å². The molecule has 0 saturated carbocycles. The van der Waals surface area contributed by atoms with Crippen LogP contribution in [0, 0.1) is 16.1 Å². The maximum absolute atomic E-state index is 14.1. The first-order valence-corrected chi connectivity index (χ1v) is 13.8. The first-order valence-electron chi connectivity index (χ1n) is 13.0. The Morgan fingerprint density at radius 2 is 1.75 bits per heavy atom. The molecule has 1 atom stereocenters. The summed E-state index contributed by atoms with van der Waals surface area (Å²) in [7, 11) is 0. The number of morpholine rings is 1. The van der Waals surface area contributed by atoms with Crippen LogP contribution in [0.1, 0.15) is 33.2 Å². The Kier molecular flexibility index (Phi) is 7.55. The molecule has 10 heteroatoms. The van der Waals surface area contributed by atoms with E-state index in [0.717, 1.165) is 41.2 Å². The van der Waals surface area contributed by atoms with E-state index in [9.17, 15) is 13.6 Å². The lowest BCUT2D eigenvalue weighted by molar-refractivity contribution is 0.0341. The quantitative estimate of drug-likeness (QED) is 0.275. The minimum absolute atomic E-state index is 0.252. The van der Waals surface area contributed by atoms with Gasteiger partial charge in [-0.05, 0) is 53.1 Å². The van der Waals surface area contributed by atoms with E-state index in [0.29, 0.717) is 52.7 Å². The zero-order chi connectivity index (χ0) is 27.8. The molecule has 40 heavy (non-hydrogen) atoms. The normalized spacial score (nSPS) is 17.0. The third kappa shape index (κ3) is 5.60. The Morgan fingerprint density at radius 3 is 2.48 bits per heavy atom. The zero-order valence-electron chi connectivity index (χ0n) is 21.5. The second-order valence-corrected chi connectivity index (χ2v) is 10.9. The van der Waals surface area contributed by atoms with Gasteiger partial charge in [0, 0.05) is 48.9 Å². The fourth-order valence-electron chi connectivity index (χ4n) is 5.25. The molecule has 3 heterocycles. The number of rotatable bonds is 6. The smallest absolute Gasteiger partial charge is 0.254 e. The van der Waals surface area contributed by atoms with Crippen molar-refractivity contribution in [1.82, 2.24) is 14.8 Å². The highest BCUT2D eigenvalue weighted by atomic mass is 35.5. The van der Waals surface area contributed by atoms with Crippen LogP contribution >= 0.6 is 23.8 Å². The van der Waals surface area contributed by atoms with Gasteiger partial charge in [0.25, 0.3) is 5.91 Å². The minimum Gasteiger partial charge on any atom is -0.482 e. The molecule has 1 saturated heterocycles. The number of nitrogens with one attached hydrogen (secondary N) is 1. The van der Waals surface area contributed by atoms with Gasteiger partial charge in [0.1, 0.15) is 23.5 Å². The number of hydrogen-bond acceptors (Lipinski definition) is 5. The van der Waals surface area contributed by atoms with Gasteiger partial charge in [-0.25, -0.2) is 8.78 Å². The monoisotopic (exact) mass is 581 g/mol. The van der Waals surface area contributed by atoms with Crippen molar-refractivity contribution in [3.05, 3.63) is 104 Å². The summed E-state index contributed by atoms with van der Waals surface area (Å²) in [6, 6.07) is 14.6. The van der Waals surface area contributed by atoms with E-state index in [1.54, 1.807) is 18.3 Å². The summed E-state index contributed by atoms with van der Waals surface area (Å²) < 4.78 is 42.4. The molecule has 1 N–H and O–H groups in total. The van der Waals surface area contributed by atoms with Crippen LogP contribution in [0.25, 0.3) is 10.9 Å². The second-order valence-electron chi connectivity index (χ2n) is 10.0. The molecule has 2 aliphatic heterocycles. The molecule has 1 unspecified atom stereocenters. The summed E-state index contributed by atoms with van der Waals surface area (Å²) in [6.07, 6.45) is 1.04. The van der Waals surface area contributed by atoms with Crippen molar-refractivity contribution in [2.75, 3.05) is 26.3 Å². The molecule has 206 valence electrons. The maximum Gasteiger partial charge on any atom is 0.254 e. The van der Waals surface area contributed by atoms with Crippen LogP contribution in [0.15, 0.2) is 60.8 Å². The predicted molar refractivity (Wildman–Crippen MR) is 151 cm³/mol. The molecule has 0 radical (unpaired) electrons. The van der Waals surface area contributed by atoms with Crippen molar-refractivity contribution in [2.24, 2.45) is 0 Å². The molecule has 0 spiro atoms. The summed E-state index contributed by atoms with van der Waals surface area (Å²) in [5, 5.41) is 4.29. The zero-order valence-corrected chi connectivity index (χ0v) is 23.0. The molecule has 4 aromatic rings. The Morgan fingerprint density at radius 1 is 1.02 bits per heavy atom. The summed E-state index contributed by atoms with van der Waals surface area (Å²) in [6.45, 7) is 4.13. The number of pyridine rings is 1. The number of carbonyl (C=O) groups is 1. The lowest BCUT2D eigenvalue weighted by Crippen LogP contribution is -2.35. The van der Waals surface area contributed by atoms with Gasteiger partial charge >= 0.3 is 0 Å². The highest BCUT2D eigenvalue weighted by Gasteiger charge is 2.27. The van der Waals surface area contributed by atoms with Crippen molar-refractivity contribution in [2.45, 2.75) is 25.7 Å². The van der Waals surface area contributed by atoms with Gasteiger partial charge in [-0.2, -0.15) is 0 Å².